The summed E-state index contributed by atoms with van der Waals surface area (Å²) in [6, 6.07) is 6.17. The van der Waals surface area contributed by atoms with Crippen molar-refractivity contribution in [2.24, 2.45) is 0 Å². The van der Waals surface area contributed by atoms with Crippen LogP contribution in [0.15, 0.2) is 18.2 Å². The standard InChI is InChI=1S/C13H15IN4O/c1-8-7-15-4-5-18(8)13(19)12-10-6-9(14)2-3-11(10)16-17-12/h2-3,6,8,15H,4-5,7H2,1H3,(H,16,17)/t8-/m1/s1. The van der Waals surface area contributed by atoms with Crippen molar-refractivity contribution in [3.8, 4) is 0 Å². The molecular weight excluding hydrogens is 355 g/mol. The van der Waals surface area contributed by atoms with E-state index in [1.165, 1.54) is 0 Å². The third kappa shape index (κ3) is 2.34. The van der Waals surface area contributed by atoms with Crippen molar-refractivity contribution in [1.82, 2.24) is 20.4 Å². The number of carbonyl (C=O) groups is 1. The van der Waals surface area contributed by atoms with Gasteiger partial charge in [0.1, 0.15) is 0 Å². The Labute approximate surface area is 124 Å². The summed E-state index contributed by atoms with van der Waals surface area (Å²) in [5.74, 6) is 0.0160. The molecule has 1 amide bonds. The van der Waals surface area contributed by atoms with Crippen LogP contribution in [-0.2, 0) is 0 Å². The molecule has 0 radical (unpaired) electrons. The fraction of sp³-hybridized carbons (Fsp3) is 0.385. The molecule has 3 rings (SSSR count). The van der Waals surface area contributed by atoms with Gasteiger partial charge < -0.3 is 10.2 Å². The summed E-state index contributed by atoms with van der Waals surface area (Å²) in [7, 11) is 0. The minimum atomic E-state index is 0.0160. The van der Waals surface area contributed by atoms with Crippen LogP contribution < -0.4 is 5.32 Å². The second-order valence-corrected chi connectivity index (χ2v) is 6.06. The van der Waals surface area contributed by atoms with Crippen molar-refractivity contribution in [2.75, 3.05) is 19.6 Å². The van der Waals surface area contributed by atoms with Crippen LogP contribution in [-0.4, -0.2) is 46.7 Å². The van der Waals surface area contributed by atoms with Gasteiger partial charge in [0, 0.05) is 34.6 Å². The zero-order valence-corrected chi connectivity index (χ0v) is 12.8. The maximum absolute atomic E-state index is 12.6. The summed E-state index contributed by atoms with van der Waals surface area (Å²) >= 11 is 2.25. The number of nitrogens with zero attached hydrogens (tertiary/aromatic N) is 2. The van der Waals surface area contributed by atoms with Gasteiger partial charge in [0.25, 0.3) is 5.91 Å². The Morgan fingerprint density at radius 1 is 1.53 bits per heavy atom. The molecule has 2 N–H and O–H groups in total. The highest BCUT2D eigenvalue weighted by molar-refractivity contribution is 14.1. The Hall–Kier alpha value is -1.15. The predicted molar refractivity (Wildman–Crippen MR) is 82.2 cm³/mol. The minimum absolute atomic E-state index is 0.0160. The van der Waals surface area contributed by atoms with E-state index in [1.54, 1.807) is 0 Å². The van der Waals surface area contributed by atoms with Gasteiger partial charge in [-0.3, -0.25) is 9.89 Å². The molecular formula is C13H15IN4O. The molecule has 1 aromatic carbocycles. The van der Waals surface area contributed by atoms with Gasteiger partial charge in [0.2, 0.25) is 0 Å². The SMILES string of the molecule is C[C@@H]1CNCCN1C(=O)c1n[nH]c2ccc(I)cc12. The monoisotopic (exact) mass is 370 g/mol. The number of hydrogen-bond acceptors (Lipinski definition) is 3. The number of aromatic nitrogens is 2. The molecule has 0 bridgehead atoms. The van der Waals surface area contributed by atoms with Gasteiger partial charge in [0.05, 0.1) is 5.52 Å². The third-order valence-corrected chi connectivity index (χ3v) is 4.16. The predicted octanol–water partition coefficient (Wildman–Crippen LogP) is 1.60. The van der Waals surface area contributed by atoms with Crippen LogP contribution in [0.25, 0.3) is 10.9 Å². The van der Waals surface area contributed by atoms with E-state index in [-0.39, 0.29) is 11.9 Å². The molecule has 2 aromatic rings. The first kappa shape index (κ1) is 12.9. The van der Waals surface area contributed by atoms with Crippen LogP contribution in [0.3, 0.4) is 0 Å². The number of nitrogens with one attached hydrogen (secondary N) is 2. The van der Waals surface area contributed by atoms with Gasteiger partial charge in [0.15, 0.2) is 5.69 Å². The average Bonchev–Trinajstić information content (AvgIpc) is 2.81. The van der Waals surface area contributed by atoms with Gasteiger partial charge >= 0.3 is 0 Å². The lowest BCUT2D eigenvalue weighted by Gasteiger charge is -2.33. The number of benzene rings is 1. The number of aromatic amines is 1. The molecule has 1 fully saturated rings. The summed E-state index contributed by atoms with van der Waals surface area (Å²) in [6.07, 6.45) is 0. The van der Waals surface area contributed by atoms with Gasteiger partial charge in [-0.2, -0.15) is 5.10 Å². The maximum Gasteiger partial charge on any atom is 0.275 e. The molecule has 2 heterocycles. The van der Waals surface area contributed by atoms with E-state index in [9.17, 15) is 4.79 Å². The van der Waals surface area contributed by atoms with Crippen LogP contribution in [0.5, 0.6) is 0 Å². The van der Waals surface area contributed by atoms with E-state index in [4.69, 9.17) is 0 Å². The van der Waals surface area contributed by atoms with E-state index < -0.39 is 0 Å². The van der Waals surface area contributed by atoms with E-state index in [1.807, 2.05) is 23.1 Å². The molecule has 5 nitrogen and oxygen atoms in total. The molecule has 6 heteroatoms. The number of halogens is 1. The maximum atomic E-state index is 12.6. The first-order chi connectivity index (χ1) is 9.16. The molecule has 1 saturated heterocycles. The van der Waals surface area contributed by atoms with Crippen LogP contribution in [0.2, 0.25) is 0 Å². The van der Waals surface area contributed by atoms with Gasteiger partial charge in [-0.1, -0.05) is 0 Å². The van der Waals surface area contributed by atoms with E-state index >= 15 is 0 Å². The molecule has 100 valence electrons. The molecule has 0 unspecified atom stereocenters. The average molecular weight is 370 g/mol. The second kappa shape index (κ2) is 5.09. The van der Waals surface area contributed by atoms with Gasteiger partial charge in [-0.25, -0.2) is 0 Å². The Morgan fingerprint density at radius 2 is 2.37 bits per heavy atom. The Balaban J connectivity index is 1.99. The van der Waals surface area contributed by atoms with Crippen molar-refractivity contribution >= 4 is 39.4 Å². The molecule has 1 atom stereocenters. The van der Waals surface area contributed by atoms with Crippen LogP contribution in [0.4, 0.5) is 0 Å². The zero-order chi connectivity index (χ0) is 13.4. The van der Waals surface area contributed by atoms with Crippen molar-refractivity contribution in [1.29, 1.82) is 0 Å². The van der Waals surface area contributed by atoms with E-state index in [0.717, 1.165) is 34.1 Å². The highest BCUT2D eigenvalue weighted by Crippen LogP contribution is 2.21. The van der Waals surface area contributed by atoms with Gasteiger partial charge in [-0.05, 0) is 47.7 Å². The largest absolute Gasteiger partial charge is 0.332 e. The van der Waals surface area contributed by atoms with Gasteiger partial charge in [-0.15, -0.1) is 0 Å². The molecule has 0 aliphatic carbocycles. The fourth-order valence-corrected chi connectivity index (χ4v) is 2.92. The topological polar surface area (TPSA) is 61.0 Å². The minimum Gasteiger partial charge on any atom is -0.332 e. The number of fused-ring (bicyclic) bond motifs is 1. The molecule has 0 spiro atoms. The number of piperazine rings is 1. The number of rotatable bonds is 1. The summed E-state index contributed by atoms with van der Waals surface area (Å²) < 4.78 is 1.11. The normalized spacial score (nSPS) is 19.9. The quantitative estimate of drug-likeness (QED) is 0.750. The number of H-pyrrole nitrogens is 1. The zero-order valence-electron chi connectivity index (χ0n) is 10.6. The molecule has 19 heavy (non-hydrogen) atoms. The number of carbonyl (C=O) groups excluding carboxylic acids is 1. The highest BCUT2D eigenvalue weighted by atomic mass is 127. The van der Waals surface area contributed by atoms with Crippen LogP contribution >= 0.6 is 22.6 Å². The summed E-state index contributed by atoms with van der Waals surface area (Å²) in [5.41, 5.74) is 1.44. The second-order valence-electron chi connectivity index (χ2n) is 4.81. The van der Waals surface area contributed by atoms with E-state index in [0.29, 0.717) is 5.69 Å². The number of amides is 1. The molecule has 1 aromatic heterocycles. The number of hydrogen-bond donors (Lipinski definition) is 2. The third-order valence-electron chi connectivity index (χ3n) is 3.49. The van der Waals surface area contributed by atoms with Crippen LogP contribution in [0, 0.1) is 3.57 Å². The first-order valence-electron chi connectivity index (χ1n) is 6.32. The van der Waals surface area contributed by atoms with Crippen LogP contribution in [0.1, 0.15) is 17.4 Å². The lowest BCUT2D eigenvalue weighted by molar-refractivity contribution is 0.0651. The molecule has 1 aliphatic rings. The molecule has 0 saturated carbocycles. The van der Waals surface area contributed by atoms with Crippen molar-refractivity contribution in [2.45, 2.75) is 13.0 Å². The highest BCUT2D eigenvalue weighted by Gasteiger charge is 2.26. The Morgan fingerprint density at radius 3 is 3.16 bits per heavy atom. The summed E-state index contributed by atoms with van der Waals surface area (Å²) in [6.45, 7) is 4.47. The lowest BCUT2D eigenvalue weighted by Crippen LogP contribution is -2.52. The lowest BCUT2D eigenvalue weighted by atomic mass is 10.1. The van der Waals surface area contributed by atoms with Crippen molar-refractivity contribution in [3.05, 3.63) is 27.5 Å². The first-order valence-corrected chi connectivity index (χ1v) is 7.40. The van der Waals surface area contributed by atoms with Crippen molar-refractivity contribution in [3.63, 3.8) is 0 Å². The van der Waals surface area contributed by atoms with Crippen molar-refractivity contribution < 1.29 is 4.79 Å². The summed E-state index contributed by atoms with van der Waals surface area (Å²) in [4.78, 5) is 14.5. The van der Waals surface area contributed by atoms with E-state index in [2.05, 4.69) is 45.0 Å². The smallest absolute Gasteiger partial charge is 0.275 e. The summed E-state index contributed by atoms with van der Waals surface area (Å²) in [5, 5.41) is 11.3. The Kier molecular flexibility index (Phi) is 3.44. The Bertz CT molecular complexity index is 624. The molecule has 1 aliphatic heterocycles. The fourth-order valence-electron chi connectivity index (χ4n) is 2.43.